The van der Waals surface area contributed by atoms with E-state index in [0.29, 0.717) is 41.9 Å². The molecule has 4 aliphatic rings. The molecular formula is C22H33NO2. The van der Waals surface area contributed by atoms with Crippen LogP contribution in [0.5, 0.6) is 0 Å². The number of piperidine rings is 1. The van der Waals surface area contributed by atoms with E-state index < -0.39 is 0 Å². The number of carbonyl (C=O) groups is 2. The zero-order valence-electron chi connectivity index (χ0n) is 16.1. The molecular weight excluding hydrogens is 310 g/mol. The largest absolute Gasteiger partial charge is 0.342 e. The van der Waals surface area contributed by atoms with Crippen molar-refractivity contribution in [1.82, 2.24) is 4.90 Å². The maximum atomic E-state index is 13.1. The molecule has 3 heteroatoms. The molecule has 1 aliphatic heterocycles. The minimum Gasteiger partial charge on any atom is -0.342 e. The molecule has 4 rings (SSSR count). The van der Waals surface area contributed by atoms with Gasteiger partial charge in [-0.1, -0.05) is 19.9 Å². The number of ketones is 1. The van der Waals surface area contributed by atoms with E-state index in [9.17, 15) is 9.59 Å². The van der Waals surface area contributed by atoms with Crippen LogP contribution in [0.25, 0.3) is 0 Å². The van der Waals surface area contributed by atoms with Crippen LogP contribution in [0.3, 0.4) is 0 Å². The Morgan fingerprint density at radius 2 is 1.92 bits per heavy atom. The summed E-state index contributed by atoms with van der Waals surface area (Å²) in [6.07, 6.45) is 10.1. The molecule has 0 aromatic rings. The average molecular weight is 344 g/mol. The molecule has 0 aromatic carbocycles. The van der Waals surface area contributed by atoms with Gasteiger partial charge in [-0.05, 0) is 68.1 Å². The van der Waals surface area contributed by atoms with Gasteiger partial charge in [0.1, 0.15) is 5.78 Å². The summed E-state index contributed by atoms with van der Waals surface area (Å²) in [4.78, 5) is 27.3. The van der Waals surface area contributed by atoms with Crippen LogP contribution in [0.2, 0.25) is 0 Å². The minimum absolute atomic E-state index is 0.103. The van der Waals surface area contributed by atoms with Crippen molar-refractivity contribution in [2.75, 3.05) is 7.05 Å². The maximum absolute atomic E-state index is 13.1. The highest BCUT2D eigenvalue weighted by Crippen LogP contribution is 2.64. The summed E-state index contributed by atoms with van der Waals surface area (Å²) in [5, 5.41) is 0. The van der Waals surface area contributed by atoms with E-state index in [-0.39, 0.29) is 16.7 Å². The van der Waals surface area contributed by atoms with Crippen molar-refractivity contribution in [3.05, 3.63) is 12.7 Å². The summed E-state index contributed by atoms with van der Waals surface area (Å²) in [6, 6.07) is 0.403. The van der Waals surface area contributed by atoms with Crippen molar-refractivity contribution in [2.24, 2.45) is 34.5 Å². The normalized spacial score (nSPS) is 49.4. The third-order valence-electron chi connectivity index (χ3n) is 8.87. The number of allylic oxidation sites excluding steroid dienone is 1. The van der Waals surface area contributed by atoms with Crippen LogP contribution < -0.4 is 0 Å². The summed E-state index contributed by atoms with van der Waals surface area (Å²) in [6.45, 7) is 8.57. The summed E-state index contributed by atoms with van der Waals surface area (Å²) in [5.41, 5.74) is 0.140. The number of hydrogen-bond donors (Lipinski definition) is 0. The second-order valence-corrected chi connectivity index (χ2v) is 9.76. The van der Waals surface area contributed by atoms with Crippen molar-refractivity contribution >= 4 is 11.7 Å². The van der Waals surface area contributed by atoms with Crippen molar-refractivity contribution in [2.45, 2.75) is 71.3 Å². The minimum atomic E-state index is -0.103. The number of rotatable bonds is 2. The van der Waals surface area contributed by atoms with Gasteiger partial charge in [0, 0.05) is 30.8 Å². The molecule has 1 amide bonds. The summed E-state index contributed by atoms with van der Waals surface area (Å²) in [7, 11) is 2.01. The van der Waals surface area contributed by atoms with Gasteiger partial charge < -0.3 is 4.90 Å². The summed E-state index contributed by atoms with van der Waals surface area (Å²) >= 11 is 0. The topological polar surface area (TPSA) is 37.4 Å². The van der Waals surface area contributed by atoms with Gasteiger partial charge >= 0.3 is 0 Å². The summed E-state index contributed by atoms with van der Waals surface area (Å²) in [5.74, 6) is 2.93. The van der Waals surface area contributed by atoms with Crippen molar-refractivity contribution in [3.8, 4) is 0 Å². The number of likely N-dealkylation sites (tertiary alicyclic amines) is 1. The van der Waals surface area contributed by atoms with Gasteiger partial charge in [-0.3, -0.25) is 9.59 Å². The zero-order chi connectivity index (χ0) is 18.0. The molecule has 1 saturated heterocycles. The van der Waals surface area contributed by atoms with Crippen LogP contribution in [-0.2, 0) is 9.59 Å². The Morgan fingerprint density at radius 3 is 2.64 bits per heavy atom. The highest BCUT2D eigenvalue weighted by atomic mass is 16.2. The zero-order valence-corrected chi connectivity index (χ0v) is 16.1. The van der Waals surface area contributed by atoms with Crippen LogP contribution in [0.4, 0.5) is 0 Å². The van der Waals surface area contributed by atoms with Crippen LogP contribution >= 0.6 is 0 Å². The predicted octanol–water partition coefficient (Wildman–Crippen LogP) is 4.22. The maximum Gasteiger partial charge on any atom is 0.222 e. The van der Waals surface area contributed by atoms with Gasteiger partial charge in [-0.2, -0.15) is 0 Å². The number of fused-ring (bicyclic) bond motifs is 5. The quantitative estimate of drug-likeness (QED) is 0.704. The molecule has 3 nitrogen and oxygen atoms in total. The lowest BCUT2D eigenvalue weighted by Gasteiger charge is -2.61. The van der Waals surface area contributed by atoms with E-state index in [1.807, 2.05) is 18.0 Å². The lowest BCUT2D eigenvalue weighted by atomic mass is 9.47. The van der Waals surface area contributed by atoms with Gasteiger partial charge in [0.15, 0.2) is 0 Å². The second-order valence-electron chi connectivity index (χ2n) is 9.76. The van der Waals surface area contributed by atoms with Gasteiger partial charge in [0.05, 0.1) is 0 Å². The van der Waals surface area contributed by atoms with E-state index in [1.165, 1.54) is 12.8 Å². The Bertz CT molecular complexity index is 613. The first-order chi connectivity index (χ1) is 11.8. The van der Waals surface area contributed by atoms with Crippen molar-refractivity contribution < 1.29 is 9.59 Å². The molecule has 7 atom stereocenters. The molecule has 0 unspecified atom stereocenters. The number of Topliss-reactive ketones (excluding diaryl/α,β-unsaturated/α-hetero) is 1. The van der Waals surface area contributed by atoms with Gasteiger partial charge in [-0.25, -0.2) is 0 Å². The van der Waals surface area contributed by atoms with E-state index in [2.05, 4.69) is 20.4 Å². The van der Waals surface area contributed by atoms with Crippen molar-refractivity contribution in [3.63, 3.8) is 0 Å². The Hall–Kier alpha value is -1.12. The molecule has 138 valence electrons. The molecule has 0 N–H and O–H groups in total. The van der Waals surface area contributed by atoms with E-state index in [0.717, 1.165) is 32.1 Å². The predicted molar refractivity (Wildman–Crippen MR) is 98.9 cm³/mol. The highest BCUT2D eigenvalue weighted by Gasteiger charge is 2.62. The lowest BCUT2D eigenvalue weighted by molar-refractivity contribution is -0.158. The number of nitrogens with zero attached hydrogens (tertiary/aromatic N) is 1. The fraction of sp³-hybridized carbons (Fsp3) is 0.818. The van der Waals surface area contributed by atoms with Crippen LogP contribution in [0.1, 0.15) is 65.2 Å². The lowest BCUT2D eigenvalue weighted by Crippen LogP contribution is -2.61. The first-order valence-corrected chi connectivity index (χ1v) is 10.2. The van der Waals surface area contributed by atoms with Crippen LogP contribution in [-0.4, -0.2) is 29.7 Å². The Kier molecular flexibility index (Phi) is 3.94. The Labute approximate surface area is 152 Å². The van der Waals surface area contributed by atoms with Gasteiger partial charge in [0.25, 0.3) is 0 Å². The summed E-state index contributed by atoms with van der Waals surface area (Å²) < 4.78 is 0. The van der Waals surface area contributed by atoms with Gasteiger partial charge in [0.2, 0.25) is 5.91 Å². The third-order valence-corrected chi connectivity index (χ3v) is 8.87. The van der Waals surface area contributed by atoms with Gasteiger partial charge in [-0.15, -0.1) is 6.58 Å². The first-order valence-electron chi connectivity index (χ1n) is 10.2. The average Bonchev–Trinajstić information content (AvgIpc) is 2.84. The number of hydrogen-bond acceptors (Lipinski definition) is 2. The third kappa shape index (κ3) is 2.23. The van der Waals surface area contributed by atoms with Crippen LogP contribution in [0.15, 0.2) is 12.7 Å². The highest BCUT2D eigenvalue weighted by molar-refractivity contribution is 5.89. The number of carbonyl (C=O) groups excluding carboxylic acids is 2. The molecule has 0 bridgehead atoms. The first kappa shape index (κ1) is 17.3. The molecule has 3 saturated carbocycles. The monoisotopic (exact) mass is 343 g/mol. The van der Waals surface area contributed by atoms with Crippen LogP contribution in [0, 0.1) is 34.5 Å². The Balaban J connectivity index is 1.64. The molecule has 0 spiro atoms. The Morgan fingerprint density at radius 1 is 1.16 bits per heavy atom. The molecule has 25 heavy (non-hydrogen) atoms. The van der Waals surface area contributed by atoms with Crippen molar-refractivity contribution in [1.29, 1.82) is 0 Å². The fourth-order valence-electron chi connectivity index (χ4n) is 7.50. The standard InChI is InChI=1S/C22H33NO2/c1-5-6-14-13-17-15-7-8-18-21(2,12-10-19(24)23(18)4)16(15)9-11-22(17,3)20(14)25/h5,14-18H,1,6-13H2,2-4H3/t14-,15+,16-,17-,18+,21+,22-/m0/s1. The smallest absolute Gasteiger partial charge is 0.222 e. The fourth-order valence-corrected chi connectivity index (χ4v) is 7.50. The molecule has 3 aliphatic carbocycles. The van der Waals surface area contributed by atoms with E-state index >= 15 is 0 Å². The molecule has 1 heterocycles. The molecule has 0 radical (unpaired) electrons. The van der Waals surface area contributed by atoms with E-state index in [1.54, 1.807) is 0 Å². The molecule has 0 aromatic heterocycles. The molecule has 4 fully saturated rings. The number of amides is 1. The van der Waals surface area contributed by atoms with E-state index in [4.69, 9.17) is 0 Å². The SMILES string of the molecule is C=CC[C@H]1C[C@H]2[C@@H]3CC[C@H]4N(C)C(=O)CC[C@]4(C)[C@H]3CC[C@]2(C)C1=O. The second kappa shape index (κ2) is 5.69.